The molecule has 0 atom stereocenters. The number of ketones is 1. The number of aliphatic imine (C=N–C) groups is 1. The van der Waals surface area contributed by atoms with Gasteiger partial charge in [-0.1, -0.05) is 6.42 Å². The molecule has 0 aliphatic carbocycles. The van der Waals surface area contributed by atoms with Crippen molar-refractivity contribution in [3.8, 4) is 0 Å². The van der Waals surface area contributed by atoms with E-state index in [2.05, 4.69) is 28.6 Å². The number of carbonyl (C=O) groups is 1. The zero-order valence-electron chi connectivity index (χ0n) is 8.62. The number of Topliss-reactive ketones (excluding diaryl/α,β-unsaturated/α-hetero) is 1. The molecule has 0 radical (unpaired) electrons. The van der Waals surface area contributed by atoms with Crippen LogP contribution in [0.5, 0.6) is 0 Å². The summed E-state index contributed by atoms with van der Waals surface area (Å²) in [7, 11) is 0. The Morgan fingerprint density at radius 2 is 2.14 bits per heavy atom. The van der Waals surface area contributed by atoms with E-state index in [1.165, 1.54) is 12.2 Å². The lowest BCUT2D eigenvalue weighted by atomic mass is 10.1. The number of nitrogens with zero attached hydrogens (tertiary/aromatic N) is 1. The van der Waals surface area contributed by atoms with Gasteiger partial charge in [-0.05, 0) is 37.1 Å². The molecule has 4 heteroatoms. The minimum absolute atomic E-state index is 0.295. The van der Waals surface area contributed by atoms with Crippen LogP contribution in [0, 0.1) is 0 Å². The third kappa shape index (κ3) is 9.90. The van der Waals surface area contributed by atoms with Crippen LogP contribution in [-0.2, 0) is 4.79 Å². The first-order chi connectivity index (χ1) is 6.81. The number of thioether (sulfide) groups is 1. The van der Waals surface area contributed by atoms with Crippen molar-refractivity contribution in [3.63, 3.8) is 0 Å². The Morgan fingerprint density at radius 1 is 1.36 bits per heavy atom. The molecule has 14 heavy (non-hydrogen) atoms. The van der Waals surface area contributed by atoms with E-state index < -0.39 is 0 Å². The van der Waals surface area contributed by atoms with Gasteiger partial charge in [0.05, 0.1) is 11.7 Å². The number of rotatable bonds is 9. The molecule has 0 rings (SSSR count). The molecule has 0 aromatic rings. The number of thiocarbonyl (C=S) groups is 1. The summed E-state index contributed by atoms with van der Waals surface area (Å²) < 4.78 is 0. The second kappa shape index (κ2) is 10.9. The Balaban J connectivity index is 3.22. The van der Waals surface area contributed by atoms with Gasteiger partial charge in [0.25, 0.3) is 0 Å². The molecule has 0 spiro atoms. The molecule has 0 heterocycles. The van der Waals surface area contributed by atoms with Gasteiger partial charge < -0.3 is 0 Å². The first kappa shape index (κ1) is 13.8. The van der Waals surface area contributed by atoms with E-state index >= 15 is 0 Å². The molecule has 0 aliphatic rings. The van der Waals surface area contributed by atoms with Crippen molar-refractivity contribution in [2.75, 3.05) is 18.6 Å². The zero-order chi connectivity index (χ0) is 10.6. The minimum atomic E-state index is 0.295. The lowest BCUT2D eigenvalue weighted by Gasteiger charge is -1.98. The second-order valence-corrected chi connectivity index (χ2v) is 4.23. The summed E-state index contributed by atoms with van der Waals surface area (Å²) in [6.45, 7) is 0.507. The topological polar surface area (TPSA) is 29.4 Å². The Bertz CT molecular complexity index is 200. The highest BCUT2D eigenvalue weighted by Gasteiger charge is 2.00. The fraction of sp³-hybridized carbons (Fsp3) is 0.800. The average molecular weight is 231 g/mol. The summed E-state index contributed by atoms with van der Waals surface area (Å²) in [5, 5.41) is 2.26. The maximum atomic E-state index is 11.2. The number of hydrogen-bond donors (Lipinski definition) is 0. The Morgan fingerprint density at radius 3 is 2.79 bits per heavy atom. The van der Waals surface area contributed by atoms with Crippen LogP contribution in [0.3, 0.4) is 0 Å². The van der Waals surface area contributed by atoms with Crippen molar-refractivity contribution in [1.82, 2.24) is 0 Å². The van der Waals surface area contributed by atoms with E-state index in [1.54, 1.807) is 0 Å². The molecule has 0 N–H and O–H groups in total. The van der Waals surface area contributed by atoms with Gasteiger partial charge in [-0.3, -0.25) is 4.79 Å². The molecule has 0 aromatic carbocycles. The SMILES string of the molecule is CSCCCCCC(=O)CCN=C=S. The summed E-state index contributed by atoms with van der Waals surface area (Å²) in [5.41, 5.74) is 0. The second-order valence-electron chi connectivity index (χ2n) is 3.07. The highest BCUT2D eigenvalue weighted by Crippen LogP contribution is 2.05. The van der Waals surface area contributed by atoms with Gasteiger partial charge in [-0.15, -0.1) is 0 Å². The van der Waals surface area contributed by atoms with Gasteiger partial charge in [-0.2, -0.15) is 11.8 Å². The normalized spacial score (nSPS) is 9.50. The molecule has 0 bridgehead atoms. The van der Waals surface area contributed by atoms with E-state index in [0.29, 0.717) is 25.2 Å². The third-order valence-corrected chi connectivity index (χ3v) is 2.70. The number of unbranched alkanes of at least 4 members (excludes halogenated alkanes) is 2. The number of hydrogen-bond acceptors (Lipinski definition) is 4. The van der Waals surface area contributed by atoms with Crippen LogP contribution in [0.4, 0.5) is 0 Å². The van der Waals surface area contributed by atoms with Gasteiger partial charge in [0.15, 0.2) is 0 Å². The molecule has 0 saturated heterocycles. The van der Waals surface area contributed by atoms with Crippen molar-refractivity contribution < 1.29 is 4.79 Å². The molecule has 0 fully saturated rings. The summed E-state index contributed by atoms with van der Waals surface area (Å²) in [5.74, 6) is 1.49. The van der Waals surface area contributed by atoms with Gasteiger partial charge in [0, 0.05) is 12.8 Å². The molecular weight excluding hydrogens is 214 g/mol. The van der Waals surface area contributed by atoms with Crippen LogP contribution >= 0.6 is 24.0 Å². The fourth-order valence-corrected chi connectivity index (χ4v) is 1.68. The zero-order valence-corrected chi connectivity index (χ0v) is 10.3. The smallest absolute Gasteiger partial charge is 0.134 e. The monoisotopic (exact) mass is 231 g/mol. The molecule has 0 amide bonds. The Kier molecular flexibility index (Phi) is 10.8. The van der Waals surface area contributed by atoms with Crippen LogP contribution in [0.15, 0.2) is 4.99 Å². The van der Waals surface area contributed by atoms with Crippen LogP contribution in [0.1, 0.15) is 32.1 Å². The Hall–Kier alpha value is -0.180. The van der Waals surface area contributed by atoms with Gasteiger partial charge >= 0.3 is 0 Å². The molecule has 0 aromatic heterocycles. The van der Waals surface area contributed by atoms with E-state index in [0.717, 1.165) is 12.8 Å². The molecule has 0 saturated carbocycles. The largest absolute Gasteiger partial charge is 0.300 e. The highest BCUT2D eigenvalue weighted by atomic mass is 32.2. The summed E-state index contributed by atoms with van der Waals surface area (Å²) in [6.07, 6.45) is 6.71. The summed E-state index contributed by atoms with van der Waals surface area (Å²) in [6, 6.07) is 0. The van der Waals surface area contributed by atoms with Crippen molar-refractivity contribution in [3.05, 3.63) is 0 Å². The predicted octanol–water partition coefficient (Wildman–Crippen LogP) is 2.97. The van der Waals surface area contributed by atoms with E-state index in [9.17, 15) is 4.79 Å². The third-order valence-electron chi connectivity index (χ3n) is 1.87. The average Bonchev–Trinajstić information content (AvgIpc) is 2.18. The minimum Gasteiger partial charge on any atom is -0.300 e. The molecule has 0 aliphatic heterocycles. The summed E-state index contributed by atoms with van der Waals surface area (Å²) >= 11 is 6.27. The van der Waals surface area contributed by atoms with Crippen molar-refractivity contribution in [1.29, 1.82) is 0 Å². The number of carbonyl (C=O) groups excluding carboxylic acids is 1. The lowest BCUT2D eigenvalue weighted by molar-refractivity contribution is -0.118. The lowest BCUT2D eigenvalue weighted by Crippen LogP contribution is -1.99. The van der Waals surface area contributed by atoms with E-state index in [4.69, 9.17) is 0 Å². The standard InChI is InChI=1S/C10H17NOS2/c1-14-8-4-2-3-5-10(12)6-7-11-9-13/h2-8H2,1H3. The van der Waals surface area contributed by atoms with Gasteiger partial charge in [-0.25, -0.2) is 4.99 Å². The van der Waals surface area contributed by atoms with Gasteiger partial charge in [0.2, 0.25) is 0 Å². The highest BCUT2D eigenvalue weighted by molar-refractivity contribution is 7.98. The Labute approximate surface area is 95.6 Å². The van der Waals surface area contributed by atoms with E-state index in [1.807, 2.05) is 11.8 Å². The van der Waals surface area contributed by atoms with Crippen molar-refractivity contribution in [2.45, 2.75) is 32.1 Å². The molecule has 0 unspecified atom stereocenters. The quantitative estimate of drug-likeness (QED) is 0.347. The van der Waals surface area contributed by atoms with Crippen LogP contribution in [0.2, 0.25) is 0 Å². The first-order valence-corrected chi connectivity index (χ1v) is 6.65. The van der Waals surface area contributed by atoms with Crippen molar-refractivity contribution in [2.24, 2.45) is 4.99 Å². The predicted molar refractivity (Wildman–Crippen MR) is 66.4 cm³/mol. The maximum absolute atomic E-state index is 11.2. The van der Waals surface area contributed by atoms with Crippen LogP contribution < -0.4 is 0 Å². The van der Waals surface area contributed by atoms with Crippen LogP contribution in [-0.4, -0.2) is 29.5 Å². The van der Waals surface area contributed by atoms with Crippen molar-refractivity contribution >= 4 is 34.9 Å². The van der Waals surface area contributed by atoms with Crippen LogP contribution in [0.25, 0.3) is 0 Å². The number of isothiocyanates is 1. The molecular formula is C10H17NOS2. The van der Waals surface area contributed by atoms with E-state index in [-0.39, 0.29) is 0 Å². The van der Waals surface area contributed by atoms with Gasteiger partial charge in [0.1, 0.15) is 5.78 Å². The summed E-state index contributed by atoms with van der Waals surface area (Å²) in [4.78, 5) is 14.9. The molecule has 2 nitrogen and oxygen atoms in total. The molecule has 80 valence electrons. The first-order valence-electron chi connectivity index (χ1n) is 4.85. The fourth-order valence-electron chi connectivity index (χ4n) is 1.10. The maximum Gasteiger partial charge on any atom is 0.134 e.